The van der Waals surface area contributed by atoms with E-state index in [2.05, 4.69) is 9.47 Å². The van der Waals surface area contributed by atoms with Crippen molar-refractivity contribution in [3.8, 4) is 0 Å². The first kappa shape index (κ1) is 37.6. The predicted molar refractivity (Wildman–Crippen MR) is 104 cm³/mol. The van der Waals surface area contributed by atoms with Crippen molar-refractivity contribution in [2.24, 2.45) is 0 Å². The molecule has 1 aromatic carbocycles. The second kappa shape index (κ2) is 12.3. The second-order valence-electron chi connectivity index (χ2n) is 8.20. The molecule has 2 amide bonds. The van der Waals surface area contributed by atoms with Gasteiger partial charge in [0.25, 0.3) is 0 Å². The molecule has 1 aromatic rings. The Hall–Kier alpha value is -3.43. The standard InChI is InChI=1S/C20H15F17N2O4/c21-13(22,7-4-8-42-11(40)38-39-12(41)43-9-10-5-2-1-3-6-10)14(23,24)15(25,26)16(27,28)17(29,30)18(31,32)19(33,34)20(35,36)37/h1-3,5-6H,4,7-9H2,(H,38,40)(H,39,41). The SMILES string of the molecule is O=C(NNC(=O)OCc1ccccc1)OCCCC(F)(F)C(F)(F)C(F)(F)C(F)(F)C(F)(F)C(F)(F)C(F)(F)C(F)(F)F. The summed E-state index contributed by atoms with van der Waals surface area (Å²) in [7, 11) is 0. The number of rotatable bonds is 12. The van der Waals surface area contributed by atoms with Gasteiger partial charge in [0.15, 0.2) is 0 Å². The van der Waals surface area contributed by atoms with Gasteiger partial charge in [0.2, 0.25) is 0 Å². The lowest BCUT2D eigenvalue weighted by molar-refractivity contribution is -0.461. The van der Waals surface area contributed by atoms with E-state index in [1.165, 1.54) is 23.0 Å². The Morgan fingerprint density at radius 2 is 0.953 bits per heavy atom. The molecule has 0 radical (unpaired) electrons. The Bertz CT molecular complexity index is 1110. The van der Waals surface area contributed by atoms with Gasteiger partial charge >= 0.3 is 59.8 Å². The van der Waals surface area contributed by atoms with Crippen molar-refractivity contribution >= 4 is 12.2 Å². The zero-order valence-electron chi connectivity index (χ0n) is 20.3. The lowest BCUT2D eigenvalue weighted by Crippen LogP contribution is -2.74. The first-order valence-electron chi connectivity index (χ1n) is 10.7. The Kier molecular flexibility index (Phi) is 10.7. The monoisotopic (exact) mass is 670 g/mol. The molecule has 248 valence electrons. The van der Waals surface area contributed by atoms with E-state index < -0.39 is 79.3 Å². The first-order valence-corrected chi connectivity index (χ1v) is 10.7. The molecular formula is C20H15F17N2O4. The molecule has 43 heavy (non-hydrogen) atoms. The number of nitrogens with one attached hydrogen (secondary N) is 2. The van der Waals surface area contributed by atoms with Gasteiger partial charge in [-0.3, -0.25) is 0 Å². The number of amides is 2. The van der Waals surface area contributed by atoms with E-state index in [4.69, 9.17) is 0 Å². The van der Waals surface area contributed by atoms with E-state index in [0.29, 0.717) is 5.56 Å². The van der Waals surface area contributed by atoms with Gasteiger partial charge in [-0.15, -0.1) is 0 Å². The molecule has 0 aliphatic heterocycles. The normalized spacial score (nSPS) is 14.3. The summed E-state index contributed by atoms with van der Waals surface area (Å²) in [6.07, 6.45) is -15.4. The average Bonchev–Trinajstić information content (AvgIpc) is 2.87. The van der Waals surface area contributed by atoms with Crippen molar-refractivity contribution in [3.63, 3.8) is 0 Å². The van der Waals surface area contributed by atoms with Crippen LogP contribution in [0, 0.1) is 0 Å². The number of carbonyl (C=O) groups excluding carboxylic acids is 2. The fraction of sp³-hybridized carbons (Fsp3) is 0.600. The van der Waals surface area contributed by atoms with E-state index in [9.17, 15) is 84.2 Å². The van der Waals surface area contributed by atoms with E-state index in [1.54, 1.807) is 18.2 Å². The van der Waals surface area contributed by atoms with Gasteiger partial charge in [-0.2, -0.15) is 74.6 Å². The van der Waals surface area contributed by atoms with E-state index in [-0.39, 0.29) is 6.61 Å². The molecule has 6 nitrogen and oxygen atoms in total. The Morgan fingerprint density at radius 1 is 0.558 bits per heavy atom. The van der Waals surface area contributed by atoms with Gasteiger partial charge in [-0.05, 0) is 12.0 Å². The Morgan fingerprint density at radius 3 is 1.40 bits per heavy atom. The van der Waals surface area contributed by atoms with Crippen LogP contribution in [0.5, 0.6) is 0 Å². The van der Waals surface area contributed by atoms with Crippen LogP contribution in [-0.2, 0) is 16.1 Å². The quantitative estimate of drug-likeness (QED) is 0.139. The van der Waals surface area contributed by atoms with E-state index >= 15 is 0 Å². The number of alkyl halides is 17. The van der Waals surface area contributed by atoms with Gasteiger partial charge in [0.1, 0.15) is 6.61 Å². The molecule has 0 heterocycles. The van der Waals surface area contributed by atoms with Crippen LogP contribution in [0.4, 0.5) is 84.2 Å². The first-order chi connectivity index (χ1) is 19.1. The molecular weight excluding hydrogens is 655 g/mol. The third-order valence-corrected chi connectivity index (χ3v) is 5.13. The van der Waals surface area contributed by atoms with Crippen LogP contribution in [0.1, 0.15) is 18.4 Å². The van der Waals surface area contributed by atoms with E-state index in [1.807, 2.05) is 0 Å². The molecule has 0 saturated carbocycles. The lowest BCUT2D eigenvalue weighted by atomic mass is 9.88. The van der Waals surface area contributed by atoms with Crippen LogP contribution in [0.2, 0.25) is 0 Å². The zero-order chi connectivity index (χ0) is 33.9. The fourth-order valence-corrected chi connectivity index (χ4v) is 2.71. The predicted octanol–water partition coefficient (Wildman–Crippen LogP) is 7.34. The highest BCUT2D eigenvalue weighted by Crippen LogP contribution is 2.64. The topological polar surface area (TPSA) is 76.7 Å². The number of benzene rings is 1. The fourth-order valence-electron chi connectivity index (χ4n) is 2.71. The highest BCUT2D eigenvalue weighted by molar-refractivity contribution is 5.73. The highest BCUT2D eigenvalue weighted by Gasteiger charge is 2.95. The second-order valence-corrected chi connectivity index (χ2v) is 8.20. The summed E-state index contributed by atoms with van der Waals surface area (Å²) in [5.74, 6) is -57.0. The number of halogens is 17. The molecule has 1 rings (SSSR count). The Balaban J connectivity index is 2.87. The summed E-state index contributed by atoms with van der Waals surface area (Å²) in [5, 5.41) is 0. The van der Waals surface area contributed by atoms with Gasteiger partial charge in [-0.25, -0.2) is 20.4 Å². The lowest BCUT2D eigenvalue weighted by Gasteiger charge is -2.42. The summed E-state index contributed by atoms with van der Waals surface area (Å²) >= 11 is 0. The van der Waals surface area contributed by atoms with Gasteiger partial charge in [-0.1, -0.05) is 30.3 Å². The number of hydrogen-bond acceptors (Lipinski definition) is 4. The van der Waals surface area contributed by atoms with Crippen molar-refractivity contribution in [2.75, 3.05) is 6.61 Å². The summed E-state index contributed by atoms with van der Waals surface area (Å²) in [6, 6.07) is 7.76. The number of hydrogen-bond donors (Lipinski definition) is 2. The van der Waals surface area contributed by atoms with Crippen molar-refractivity contribution < 1.29 is 93.7 Å². The van der Waals surface area contributed by atoms with Crippen LogP contribution < -0.4 is 10.9 Å². The minimum atomic E-state index is -8.71. The summed E-state index contributed by atoms with van der Waals surface area (Å²) < 4.78 is 233. The van der Waals surface area contributed by atoms with Crippen LogP contribution in [0.3, 0.4) is 0 Å². The average molecular weight is 670 g/mol. The highest BCUT2D eigenvalue weighted by atomic mass is 19.4. The maximum absolute atomic E-state index is 13.8. The maximum atomic E-state index is 13.8. The summed E-state index contributed by atoms with van der Waals surface area (Å²) in [4.78, 5) is 22.7. The van der Waals surface area contributed by atoms with Gasteiger partial charge in [0, 0.05) is 6.42 Å². The number of hydrazine groups is 1. The smallest absolute Gasteiger partial charge is 0.448 e. The van der Waals surface area contributed by atoms with Crippen LogP contribution in [0.25, 0.3) is 0 Å². The van der Waals surface area contributed by atoms with Crippen molar-refractivity contribution in [1.29, 1.82) is 0 Å². The number of carbonyl (C=O) groups is 2. The van der Waals surface area contributed by atoms with Gasteiger partial charge in [0.05, 0.1) is 6.61 Å². The summed E-state index contributed by atoms with van der Waals surface area (Å²) in [5.41, 5.74) is 3.40. The van der Waals surface area contributed by atoms with Crippen LogP contribution in [-0.4, -0.2) is 66.4 Å². The zero-order valence-corrected chi connectivity index (χ0v) is 20.3. The third-order valence-electron chi connectivity index (χ3n) is 5.13. The molecule has 23 heteroatoms. The van der Waals surface area contributed by atoms with Gasteiger partial charge < -0.3 is 9.47 Å². The van der Waals surface area contributed by atoms with E-state index in [0.717, 1.165) is 0 Å². The molecule has 0 fully saturated rings. The third kappa shape index (κ3) is 7.04. The van der Waals surface area contributed by atoms with Crippen LogP contribution in [0.15, 0.2) is 30.3 Å². The molecule has 0 aliphatic carbocycles. The molecule has 0 aromatic heterocycles. The molecule has 0 atom stereocenters. The Labute approximate surface area is 227 Å². The molecule has 0 saturated heterocycles. The molecule has 0 aliphatic rings. The maximum Gasteiger partial charge on any atom is 0.460 e. The summed E-state index contributed by atoms with van der Waals surface area (Å²) in [6.45, 7) is -1.81. The largest absolute Gasteiger partial charge is 0.460 e. The molecule has 0 spiro atoms. The number of ether oxygens (including phenoxy) is 2. The molecule has 0 bridgehead atoms. The minimum absolute atomic E-state index is 0.329. The van der Waals surface area contributed by atoms with Crippen molar-refractivity contribution in [3.05, 3.63) is 35.9 Å². The molecule has 2 N–H and O–H groups in total. The minimum Gasteiger partial charge on any atom is -0.448 e. The van der Waals surface area contributed by atoms with Crippen molar-refractivity contribution in [1.82, 2.24) is 10.9 Å². The van der Waals surface area contributed by atoms with Crippen molar-refractivity contribution in [2.45, 2.75) is 67.1 Å². The molecule has 0 unspecified atom stereocenters. The van der Waals surface area contributed by atoms with Crippen LogP contribution >= 0.6 is 0 Å².